The van der Waals surface area contributed by atoms with Crippen molar-refractivity contribution in [2.24, 2.45) is 5.92 Å². The quantitative estimate of drug-likeness (QED) is 0.906. The van der Waals surface area contributed by atoms with Crippen LogP contribution in [0.5, 0.6) is 5.88 Å². The average Bonchev–Trinajstić information content (AvgIpc) is 2.25. The molecule has 16 heavy (non-hydrogen) atoms. The number of halogens is 1. The molecule has 1 aliphatic rings. The number of nitrogens with zero attached hydrogens (tertiary/aromatic N) is 1. The minimum Gasteiger partial charge on any atom is -0.473 e. The van der Waals surface area contributed by atoms with Crippen LogP contribution in [0, 0.1) is 5.92 Å². The first kappa shape index (κ1) is 11.7. The summed E-state index contributed by atoms with van der Waals surface area (Å²) in [5.41, 5.74) is 6.29. The van der Waals surface area contributed by atoms with Crippen molar-refractivity contribution >= 4 is 21.6 Å². The average molecular weight is 285 g/mol. The highest BCUT2D eigenvalue weighted by Gasteiger charge is 2.23. The first-order chi connectivity index (χ1) is 7.66. The van der Waals surface area contributed by atoms with Gasteiger partial charge in [0.25, 0.3) is 0 Å². The molecule has 0 aromatic carbocycles. The Hall–Kier alpha value is -0.770. The van der Waals surface area contributed by atoms with Crippen LogP contribution in [0.4, 0.5) is 5.69 Å². The molecule has 0 aliphatic heterocycles. The number of nitrogens with two attached hydrogens (primary N) is 1. The number of pyridine rings is 1. The smallest absolute Gasteiger partial charge is 0.228 e. The predicted octanol–water partition coefficient (Wildman–Crippen LogP) is 3.38. The zero-order valence-electron chi connectivity index (χ0n) is 9.45. The van der Waals surface area contributed by atoms with Crippen LogP contribution in [0.3, 0.4) is 0 Å². The maximum atomic E-state index is 5.94. The van der Waals surface area contributed by atoms with E-state index in [2.05, 4.69) is 27.8 Å². The maximum absolute atomic E-state index is 5.94. The molecule has 2 atom stereocenters. The van der Waals surface area contributed by atoms with Crippen molar-refractivity contribution in [2.45, 2.75) is 38.7 Å². The summed E-state index contributed by atoms with van der Waals surface area (Å²) < 4.78 is 6.78. The van der Waals surface area contributed by atoms with Gasteiger partial charge in [0.05, 0.1) is 16.4 Å². The number of anilines is 1. The topological polar surface area (TPSA) is 48.1 Å². The van der Waals surface area contributed by atoms with E-state index < -0.39 is 0 Å². The zero-order chi connectivity index (χ0) is 11.5. The van der Waals surface area contributed by atoms with Gasteiger partial charge in [-0.2, -0.15) is 0 Å². The van der Waals surface area contributed by atoms with Crippen LogP contribution in [-0.4, -0.2) is 11.1 Å². The SMILES string of the molecule is CC1CCCCC1Oc1ncc(N)cc1Br. The molecule has 0 bridgehead atoms. The second-order valence-corrected chi connectivity index (χ2v) is 5.33. The summed E-state index contributed by atoms with van der Waals surface area (Å²) in [7, 11) is 0. The van der Waals surface area contributed by atoms with Crippen LogP contribution in [0.2, 0.25) is 0 Å². The van der Waals surface area contributed by atoms with Gasteiger partial charge in [-0.05, 0) is 47.2 Å². The Balaban J connectivity index is 2.07. The van der Waals surface area contributed by atoms with E-state index in [0.29, 0.717) is 23.6 Å². The number of nitrogen functional groups attached to an aromatic ring is 1. The Morgan fingerprint density at radius 2 is 2.19 bits per heavy atom. The summed E-state index contributed by atoms with van der Waals surface area (Å²) in [6.45, 7) is 2.25. The van der Waals surface area contributed by atoms with E-state index in [4.69, 9.17) is 10.5 Å². The summed E-state index contributed by atoms with van der Waals surface area (Å²) in [5.74, 6) is 1.27. The van der Waals surface area contributed by atoms with Crippen LogP contribution < -0.4 is 10.5 Å². The third kappa shape index (κ3) is 2.67. The summed E-state index contributed by atoms with van der Waals surface area (Å²) in [5, 5.41) is 0. The molecule has 2 N–H and O–H groups in total. The molecule has 2 rings (SSSR count). The van der Waals surface area contributed by atoms with Crippen molar-refractivity contribution in [3.63, 3.8) is 0 Å². The van der Waals surface area contributed by atoms with Gasteiger partial charge in [0.15, 0.2) is 0 Å². The van der Waals surface area contributed by atoms with E-state index in [1.165, 1.54) is 19.3 Å². The summed E-state index contributed by atoms with van der Waals surface area (Å²) >= 11 is 3.43. The van der Waals surface area contributed by atoms with E-state index in [1.807, 2.05) is 6.07 Å². The van der Waals surface area contributed by atoms with Crippen molar-refractivity contribution in [3.8, 4) is 5.88 Å². The molecule has 2 unspecified atom stereocenters. The number of ether oxygens (including phenoxy) is 1. The van der Waals surface area contributed by atoms with Gasteiger partial charge in [-0.25, -0.2) is 4.98 Å². The van der Waals surface area contributed by atoms with Gasteiger partial charge in [-0.15, -0.1) is 0 Å². The third-order valence-electron chi connectivity index (χ3n) is 3.12. The van der Waals surface area contributed by atoms with Crippen molar-refractivity contribution in [1.82, 2.24) is 4.98 Å². The predicted molar refractivity (Wildman–Crippen MR) is 68.4 cm³/mol. The lowest BCUT2D eigenvalue weighted by Gasteiger charge is -2.29. The standard InChI is InChI=1S/C12H17BrN2O/c1-8-4-2-3-5-11(8)16-12-10(13)6-9(14)7-15-12/h6-8,11H,2-5,14H2,1H3. The minimum atomic E-state index is 0.293. The van der Waals surface area contributed by atoms with Crippen molar-refractivity contribution < 1.29 is 4.74 Å². The Kier molecular flexibility index (Phi) is 3.69. The molecule has 0 spiro atoms. The highest BCUT2D eigenvalue weighted by molar-refractivity contribution is 9.10. The summed E-state index contributed by atoms with van der Waals surface area (Å²) in [4.78, 5) is 4.21. The largest absolute Gasteiger partial charge is 0.473 e. The fourth-order valence-corrected chi connectivity index (χ4v) is 2.59. The number of aromatic nitrogens is 1. The van der Waals surface area contributed by atoms with Gasteiger partial charge in [-0.1, -0.05) is 13.3 Å². The molecule has 0 radical (unpaired) electrons. The number of hydrogen-bond acceptors (Lipinski definition) is 3. The lowest BCUT2D eigenvalue weighted by molar-refractivity contribution is 0.0967. The van der Waals surface area contributed by atoms with Gasteiger partial charge < -0.3 is 10.5 Å². The molecule has 1 saturated carbocycles. The van der Waals surface area contributed by atoms with Crippen LogP contribution in [0.1, 0.15) is 32.6 Å². The highest BCUT2D eigenvalue weighted by atomic mass is 79.9. The normalized spacial score (nSPS) is 25.4. The van der Waals surface area contributed by atoms with E-state index in [1.54, 1.807) is 6.20 Å². The van der Waals surface area contributed by atoms with Gasteiger partial charge >= 0.3 is 0 Å². The molecule has 88 valence electrons. The number of hydrogen-bond donors (Lipinski definition) is 1. The Labute approximate surface area is 105 Å². The first-order valence-electron chi connectivity index (χ1n) is 5.74. The van der Waals surface area contributed by atoms with Crippen LogP contribution >= 0.6 is 15.9 Å². The molecule has 1 heterocycles. The lowest BCUT2D eigenvalue weighted by atomic mass is 9.88. The van der Waals surface area contributed by atoms with Gasteiger partial charge in [0.2, 0.25) is 5.88 Å². The van der Waals surface area contributed by atoms with Crippen molar-refractivity contribution in [1.29, 1.82) is 0 Å². The molecular formula is C12H17BrN2O. The Bertz CT molecular complexity index is 370. The summed E-state index contributed by atoms with van der Waals surface area (Å²) in [6.07, 6.45) is 6.87. The molecule has 3 nitrogen and oxygen atoms in total. The first-order valence-corrected chi connectivity index (χ1v) is 6.54. The minimum absolute atomic E-state index is 0.293. The molecule has 1 fully saturated rings. The monoisotopic (exact) mass is 284 g/mol. The van der Waals surface area contributed by atoms with Crippen molar-refractivity contribution in [2.75, 3.05) is 5.73 Å². The van der Waals surface area contributed by atoms with Gasteiger partial charge in [-0.3, -0.25) is 0 Å². The van der Waals surface area contributed by atoms with E-state index in [0.717, 1.165) is 10.9 Å². The van der Waals surface area contributed by atoms with Crippen LogP contribution in [0.25, 0.3) is 0 Å². The van der Waals surface area contributed by atoms with Crippen molar-refractivity contribution in [3.05, 3.63) is 16.7 Å². The molecule has 0 saturated heterocycles. The molecule has 1 aromatic heterocycles. The van der Waals surface area contributed by atoms with E-state index >= 15 is 0 Å². The van der Waals surface area contributed by atoms with E-state index in [9.17, 15) is 0 Å². The Morgan fingerprint density at radius 3 is 2.88 bits per heavy atom. The molecular weight excluding hydrogens is 268 g/mol. The lowest BCUT2D eigenvalue weighted by Crippen LogP contribution is -2.28. The van der Waals surface area contributed by atoms with Gasteiger partial charge in [0, 0.05) is 0 Å². The molecule has 0 amide bonds. The fraction of sp³-hybridized carbons (Fsp3) is 0.583. The molecule has 1 aromatic rings. The molecule has 4 heteroatoms. The zero-order valence-corrected chi connectivity index (χ0v) is 11.0. The highest BCUT2D eigenvalue weighted by Crippen LogP contribution is 2.31. The van der Waals surface area contributed by atoms with E-state index in [-0.39, 0.29) is 0 Å². The number of rotatable bonds is 2. The molecule has 1 aliphatic carbocycles. The maximum Gasteiger partial charge on any atom is 0.228 e. The van der Waals surface area contributed by atoms with Gasteiger partial charge in [0.1, 0.15) is 6.10 Å². The Morgan fingerprint density at radius 1 is 1.44 bits per heavy atom. The van der Waals surface area contributed by atoms with Crippen LogP contribution in [-0.2, 0) is 0 Å². The second kappa shape index (κ2) is 5.04. The third-order valence-corrected chi connectivity index (χ3v) is 3.69. The second-order valence-electron chi connectivity index (χ2n) is 4.47. The fourth-order valence-electron chi connectivity index (χ4n) is 2.13. The summed E-state index contributed by atoms with van der Waals surface area (Å²) in [6, 6.07) is 1.83. The van der Waals surface area contributed by atoms with Crippen LogP contribution in [0.15, 0.2) is 16.7 Å².